The van der Waals surface area contributed by atoms with Crippen LogP contribution in [0.15, 0.2) is 48.5 Å². The highest BCUT2D eigenvalue weighted by Gasteiger charge is 2.26. The molecule has 0 amide bonds. The van der Waals surface area contributed by atoms with E-state index in [0.29, 0.717) is 16.6 Å². The Balaban J connectivity index is 2.38. The molecule has 2 aromatic carbocycles. The van der Waals surface area contributed by atoms with Crippen LogP contribution in [0.5, 0.6) is 0 Å². The molecule has 96 valence electrons. The van der Waals surface area contributed by atoms with Gasteiger partial charge < -0.3 is 4.79 Å². The van der Waals surface area contributed by atoms with Crippen molar-refractivity contribution in [1.82, 2.24) is 0 Å². The fourth-order valence-electron chi connectivity index (χ4n) is 1.67. The van der Waals surface area contributed by atoms with Crippen LogP contribution >= 0.6 is 19.6 Å². The smallest absolute Gasteiger partial charge is 0.301 e. The van der Waals surface area contributed by atoms with Crippen molar-refractivity contribution >= 4 is 31.2 Å². The number of carbonyl (C=O) groups excluding carboxylic acids is 1. The van der Waals surface area contributed by atoms with E-state index in [-0.39, 0.29) is 6.61 Å². The molecule has 5 heteroatoms. The molecular weight excluding hydrogens is 283 g/mol. The SMILES string of the molecule is O=CCO[P+](=O)c1ccccc1-c1ccc(Cl)cc1. The van der Waals surface area contributed by atoms with Crippen LogP contribution in [0.4, 0.5) is 0 Å². The lowest BCUT2D eigenvalue weighted by molar-refractivity contribution is -0.109. The molecule has 0 spiro atoms. The highest BCUT2D eigenvalue weighted by atomic mass is 35.5. The van der Waals surface area contributed by atoms with Crippen molar-refractivity contribution in [2.75, 3.05) is 6.61 Å². The molecule has 19 heavy (non-hydrogen) atoms. The van der Waals surface area contributed by atoms with Gasteiger partial charge in [-0.05, 0) is 34.4 Å². The first-order chi connectivity index (χ1) is 9.22. The zero-order valence-electron chi connectivity index (χ0n) is 9.95. The maximum absolute atomic E-state index is 12.0. The van der Waals surface area contributed by atoms with E-state index in [1.54, 1.807) is 24.3 Å². The first-order valence-corrected chi connectivity index (χ1v) is 7.16. The molecule has 0 aliphatic carbocycles. The maximum Gasteiger partial charge on any atom is 0.549 e. The van der Waals surface area contributed by atoms with Crippen molar-refractivity contribution in [2.24, 2.45) is 0 Å². The van der Waals surface area contributed by atoms with Gasteiger partial charge in [0.1, 0.15) is 0 Å². The Hall–Kier alpha value is -1.54. The summed E-state index contributed by atoms with van der Waals surface area (Å²) in [4.78, 5) is 10.3. The van der Waals surface area contributed by atoms with Crippen LogP contribution in [-0.2, 0) is 13.9 Å². The molecule has 0 aromatic heterocycles. The molecular formula is C14H11ClO3P+. The van der Waals surface area contributed by atoms with E-state index in [0.717, 1.165) is 11.1 Å². The number of rotatable bonds is 5. The van der Waals surface area contributed by atoms with Crippen molar-refractivity contribution in [3.05, 3.63) is 53.6 Å². The van der Waals surface area contributed by atoms with Crippen LogP contribution < -0.4 is 5.30 Å². The number of hydrogen-bond acceptors (Lipinski definition) is 3. The van der Waals surface area contributed by atoms with E-state index >= 15 is 0 Å². The molecule has 2 rings (SSSR count). The van der Waals surface area contributed by atoms with Crippen LogP contribution in [0, 0.1) is 0 Å². The Bertz CT molecular complexity index is 596. The Morgan fingerprint density at radius 1 is 1.11 bits per heavy atom. The van der Waals surface area contributed by atoms with Crippen molar-refractivity contribution in [3.8, 4) is 11.1 Å². The third-order valence-electron chi connectivity index (χ3n) is 2.52. The van der Waals surface area contributed by atoms with Crippen molar-refractivity contribution < 1.29 is 13.9 Å². The summed E-state index contributed by atoms with van der Waals surface area (Å²) < 4.78 is 17.0. The van der Waals surface area contributed by atoms with Gasteiger partial charge in [-0.3, -0.25) is 0 Å². The molecule has 1 unspecified atom stereocenters. The van der Waals surface area contributed by atoms with Gasteiger partial charge in [-0.1, -0.05) is 35.9 Å². The summed E-state index contributed by atoms with van der Waals surface area (Å²) in [6.07, 6.45) is 0.581. The van der Waals surface area contributed by atoms with E-state index in [9.17, 15) is 9.36 Å². The van der Waals surface area contributed by atoms with Gasteiger partial charge in [0.05, 0.1) is 0 Å². The van der Waals surface area contributed by atoms with Crippen LogP contribution in [0.2, 0.25) is 5.02 Å². The second-order valence-electron chi connectivity index (χ2n) is 3.74. The molecule has 0 aliphatic heterocycles. The predicted octanol–water partition coefficient (Wildman–Crippen LogP) is 3.59. The highest BCUT2D eigenvalue weighted by Crippen LogP contribution is 2.29. The number of halogens is 1. The first kappa shape index (κ1) is 13.9. The zero-order valence-corrected chi connectivity index (χ0v) is 11.6. The molecule has 0 saturated carbocycles. The van der Waals surface area contributed by atoms with Crippen LogP contribution in [0.1, 0.15) is 0 Å². The minimum absolute atomic E-state index is 0.176. The fraction of sp³-hybridized carbons (Fsp3) is 0.0714. The van der Waals surface area contributed by atoms with Crippen LogP contribution in [0.3, 0.4) is 0 Å². The third-order valence-corrected chi connectivity index (χ3v) is 3.93. The quantitative estimate of drug-likeness (QED) is 0.625. The largest absolute Gasteiger partial charge is 0.549 e. The molecule has 0 radical (unpaired) electrons. The lowest BCUT2D eigenvalue weighted by atomic mass is 10.1. The Morgan fingerprint density at radius 2 is 1.79 bits per heavy atom. The molecule has 0 fully saturated rings. The molecule has 0 heterocycles. The topological polar surface area (TPSA) is 43.4 Å². The average molecular weight is 294 g/mol. The van der Waals surface area contributed by atoms with Gasteiger partial charge >= 0.3 is 8.03 Å². The van der Waals surface area contributed by atoms with Crippen LogP contribution in [0.25, 0.3) is 11.1 Å². The van der Waals surface area contributed by atoms with Gasteiger partial charge in [0.25, 0.3) is 0 Å². The molecule has 0 bridgehead atoms. The number of benzene rings is 2. The molecule has 3 nitrogen and oxygen atoms in total. The van der Waals surface area contributed by atoms with Crippen LogP contribution in [-0.4, -0.2) is 12.9 Å². The summed E-state index contributed by atoms with van der Waals surface area (Å²) >= 11 is 5.85. The average Bonchev–Trinajstić information content (AvgIpc) is 2.45. The molecule has 1 atom stereocenters. The second kappa shape index (κ2) is 6.58. The number of carbonyl (C=O) groups is 1. The molecule has 0 aliphatic rings. The van der Waals surface area contributed by atoms with Gasteiger partial charge in [0, 0.05) is 10.6 Å². The minimum atomic E-state index is -2.05. The minimum Gasteiger partial charge on any atom is -0.301 e. The van der Waals surface area contributed by atoms with Gasteiger partial charge in [-0.25, -0.2) is 0 Å². The second-order valence-corrected chi connectivity index (χ2v) is 5.43. The van der Waals surface area contributed by atoms with Crippen molar-refractivity contribution in [1.29, 1.82) is 0 Å². The normalized spacial score (nSPS) is 11.1. The summed E-state index contributed by atoms with van der Waals surface area (Å²) in [5.41, 5.74) is 1.71. The summed E-state index contributed by atoms with van der Waals surface area (Å²) in [6.45, 7) is -0.176. The van der Waals surface area contributed by atoms with Crippen molar-refractivity contribution in [3.63, 3.8) is 0 Å². The number of aldehydes is 1. The highest BCUT2D eigenvalue weighted by molar-refractivity contribution is 7.48. The standard InChI is InChI=1S/C14H11ClO3P/c15-12-7-5-11(6-8-12)13-3-1-2-4-14(13)19(17)18-10-9-16/h1-9H,10H2/q+1. The van der Waals surface area contributed by atoms with Crippen molar-refractivity contribution in [2.45, 2.75) is 0 Å². The monoisotopic (exact) mass is 293 g/mol. The van der Waals surface area contributed by atoms with E-state index in [2.05, 4.69) is 0 Å². The van der Waals surface area contributed by atoms with Gasteiger partial charge in [-0.2, -0.15) is 0 Å². The van der Waals surface area contributed by atoms with Gasteiger partial charge in [0.2, 0.25) is 5.30 Å². The summed E-state index contributed by atoms with van der Waals surface area (Å²) in [5.74, 6) is 0. The van der Waals surface area contributed by atoms with E-state index in [1.165, 1.54) is 0 Å². The molecule has 2 aromatic rings. The summed E-state index contributed by atoms with van der Waals surface area (Å²) in [7, 11) is -2.05. The maximum atomic E-state index is 12.0. The molecule has 0 saturated heterocycles. The Kier molecular flexibility index (Phi) is 4.80. The molecule has 0 N–H and O–H groups in total. The van der Waals surface area contributed by atoms with E-state index in [1.807, 2.05) is 24.3 Å². The zero-order chi connectivity index (χ0) is 13.7. The Morgan fingerprint density at radius 3 is 2.47 bits per heavy atom. The van der Waals surface area contributed by atoms with E-state index in [4.69, 9.17) is 16.1 Å². The Labute approximate surface area is 117 Å². The predicted molar refractivity (Wildman–Crippen MR) is 76.1 cm³/mol. The van der Waals surface area contributed by atoms with Gasteiger partial charge in [-0.15, -0.1) is 4.52 Å². The fourth-order valence-corrected chi connectivity index (χ4v) is 2.74. The summed E-state index contributed by atoms with van der Waals surface area (Å²) in [6, 6.07) is 14.5. The third kappa shape index (κ3) is 3.48. The lowest BCUT2D eigenvalue weighted by Crippen LogP contribution is -2.03. The summed E-state index contributed by atoms with van der Waals surface area (Å²) in [5, 5.41) is 1.21. The number of hydrogen-bond donors (Lipinski definition) is 0. The van der Waals surface area contributed by atoms with E-state index < -0.39 is 8.03 Å². The lowest BCUT2D eigenvalue weighted by Gasteiger charge is -2.01. The first-order valence-electron chi connectivity index (χ1n) is 5.61. The van der Waals surface area contributed by atoms with Gasteiger partial charge in [0.15, 0.2) is 12.9 Å².